The quantitative estimate of drug-likeness (QED) is 0.871. The van der Waals surface area contributed by atoms with Gasteiger partial charge in [-0.1, -0.05) is 12.1 Å². The molecule has 0 atom stereocenters. The van der Waals surface area contributed by atoms with E-state index in [0.717, 1.165) is 0 Å². The van der Waals surface area contributed by atoms with Gasteiger partial charge in [-0.2, -0.15) is 5.26 Å². The lowest BCUT2D eigenvalue weighted by molar-refractivity contribution is 0.0691. The van der Waals surface area contributed by atoms with Crippen molar-refractivity contribution in [2.45, 2.75) is 6.42 Å². The summed E-state index contributed by atoms with van der Waals surface area (Å²) >= 11 is 0. The number of benzene rings is 2. The van der Waals surface area contributed by atoms with Gasteiger partial charge < -0.3 is 14.6 Å². The number of rotatable bonds is 4. The zero-order chi connectivity index (χ0) is 16.4. The smallest absolute Gasteiger partial charge is 0.336 e. The third kappa shape index (κ3) is 2.85. The third-order valence-corrected chi connectivity index (χ3v) is 3.49. The number of hydrogen-bond acceptors (Lipinski definition) is 5. The number of hydrogen-bond donors (Lipinski definition) is 1. The minimum atomic E-state index is -1.20. The minimum Gasteiger partial charge on any atom is -0.478 e. The Bertz CT molecular complexity index is 833. The fraction of sp³-hybridized carbons (Fsp3) is 0.118. The van der Waals surface area contributed by atoms with E-state index < -0.39 is 5.97 Å². The van der Waals surface area contributed by atoms with Crippen molar-refractivity contribution >= 4 is 11.8 Å². The maximum Gasteiger partial charge on any atom is 0.336 e. The van der Waals surface area contributed by atoms with Crippen molar-refractivity contribution in [3.8, 4) is 17.6 Å². The number of carboxylic acid groups (broad SMARTS) is 1. The second-order valence-electron chi connectivity index (χ2n) is 4.96. The van der Waals surface area contributed by atoms with Crippen LogP contribution in [-0.4, -0.2) is 23.7 Å². The topological polar surface area (TPSA) is 96.6 Å². The van der Waals surface area contributed by atoms with E-state index in [0.29, 0.717) is 22.6 Å². The number of carboxylic acids is 1. The normalized spacial score (nSPS) is 11.8. The predicted octanol–water partition coefficient (Wildman–Crippen LogP) is 2.41. The number of carbonyl (C=O) groups excluding carboxylic acids is 1. The molecule has 0 radical (unpaired) electrons. The Morgan fingerprint density at radius 2 is 1.70 bits per heavy atom. The highest BCUT2D eigenvalue weighted by Gasteiger charge is 2.24. The van der Waals surface area contributed by atoms with Crippen molar-refractivity contribution in [1.29, 1.82) is 5.26 Å². The third-order valence-electron chi connectivity index (χ3n) is 3.49. The molecule has 0 fully saturated rings. The molecule has 6 heteroatoms. The van der Waals surface area contributed by atoms with Gasteiger partial charge in [0.1, 0.15) is 0 Å². The second kappa shape index (κ2) is 5.81. The van der Waals surface area contributed by atoms with Crippen molar-refractivity contribution in [3.05, 3.63) is 58.7 Å². The zero-order valence-corrected chi connectivity index (χ0v) is 11.9. The molecule has 1 aliphatic rings. The van der Waals surface area contributed by atoms with Crippen LogP contribution in [0.15, 0.2) is 36.4 Å². The van der Waals surface area contributed by atoms with Gasteiger partial charge in [-0.3, -0.25) is 4.79 Å². The van der Waals surface area contributed by atoms with E-state index in [1.54, 1.807) is 24.3 Å². The first-order valence-electron chi connectivity index (χ1n) is 6.77. The van der Waals surface area contributed by atoms with E-state index >= 15 is 0 Å². The van der Waals surface area contributed by atoms with Gasteiger partial charge in [-0.05, 0) is 29.8 Å². The van der Waals surface area contributed by atoms with E-state index in [1.165, 1.54) is 12.1 Å². The summed E-state index contributed by atoms with van der Waals surface area (Å²) in [6.45, 7) is 0.00164. The van der Waals surface area contributed by atoms with Crippen LogP contribution in [0.5, 0.6) is 11.5 Å². The molecule has 0 aromatic heterocycles. The number of fused-ring (bicyclic) bond motifs is 1. The number of nitrogens with zero attached hydrogens (tertiary/aromatic N) is 1. The van der Waals surface area contributed by atoms with Gasteiger partial charge in [-0.25, -0.2) is 4.79 Å². The number of nitriles is 1. The summed E-state index contributed by atoms with van der Waals surface area (Å²) in [5, 5.41) is 18.1. The lowest BCUT2D eigenvalue weighted by atomic mass is 9.97. The van der Waals surface area contributed by atoms with Crippen molar-refractivity contribution in [2.75, 3.05) is 6.79 Å². The van der Waals surface area contributed by atoms with E-state index in [2.05, 4.69) is 0 Å². The number of aromatic carboxylic acids is 1. The molecule has 0 unspecified atom stereocenters. The van der Waals surface area contributed by atoms with Gasteiger partial charge in [0.25, 0.3) is 0 Å². The van der Waals surface area contributed by atoms with Crippen molar-refractivity contribution in [2.24, 2.45) is 0 Å². The molecule has 3 rings (SSSR count). The molecule has 0 amide bonds. The first-order chi connectivity index (χ1) is 11.1. The van der Waals surface area contributed by atoms with Crippen molar-refractivity contribution < 1.29 is 24.2 Å². The summed E-state index contributed by atoms with van der Waals surface area (Å²) in [5.41, 5.74) is 1.15. The SMILES string of the molecule is N#Cc1ccc(CC(=O)c2cc3c(cc2C(=O)O)OCO3)cc1. The fourth-order valence-corrected chi connectivity index (χ4v) is 2.33. The van der Waals surface area contributed by atoms with Crippen LogP contribution < -0.4 is 9.47 Å². The lowest BCUT2D eigenvalue weighted by Gasteiger charge is -2.07. The number of ketones is 1. The van der Waals surface area contributed by atoms with E-state index in [4.69, 9.17) is 14.7 Å². The number of carbonyl (C=O) groups is 2. The molecule has 0 spiro atoms. The molecule has 2 aromatic carbocycles. The van der Waals surface area contributed by atoms with Crippen molar-refractivity contribution in [1.82, 2.24) is 0 Å². The molecule has 0 saturated carbocycles. The molecule has 1 N–H and O–H groups in total. The Morgan fingerprint density at radius 3 is 2.26 bits per heavy atom. The largest absolute Gasteiger partial charge is 0.478 e. The van der Waals surface area contributed by atoms with E-state index in [-0.39, 0.29) is 30.1 Å². The van der Waals surface area contributed by atoms with Gasteiger partial charge in [0.2, 0.25) is 6.79 Å². The lowest BCUT2D eigenvalue weighted by Crippen LogP contribution is -2.11. The van der Waals surface area contributed by atoms with Crippen LogP contribution in [0.2, 0.25) is 0 Å². The van der Waals surface area contributed by atoms with Gasteiger partial charge in [-0.15, -0.1) is 0 Å². The molecular weight excluding hydrogens is 298 g/mol. The number of Topliss-reactive ketones (excluding diaryl/α,β-unsaturated/α-hetero) is 1. The highest BCUT2D eigenvalue weighted by Crippen LogP contribution is 2.35. The number of ether oxygens (including phenoxy) is 2. The van der Waals surface area contributed by atoms with Crippen LogP contribution in [0.25, 0.3) is 0 Å². The molecule has 0 saturated heterocycles. The van der Waals surface area contributed by atoms with Gasteiger partial charge in [0.15, 0.2) is 17.3 Å². The predicted molar refractivity (Wildman–Crippen MR) is 78.7 cm³/mol. The first kappa shape index (κ1) is 14.6. The molecular formula is C17H11NO5. The van der Waals surface area contributed by atoms with Crippen LogP contribution in [0.1, 0.15) is 31.8 Å². The molecule has 114 valence electrons. The Balaban J connectivity index is 1.92. The van der Waals surface area contributed by atoms with Crippen LogP contribution in [0, 0.1) is 11.3 Å². The van der Waals surface area contributed by atoms with Crippen LogP contribution >= 0.6 is 0 Å². The first-order valence-corrected chi connectivity index (χ1v) is 6.77. The van der Waals surface area contributed by atoms with Gasteiger partial charge in [0.05, 0.1) is 17.2 Å². The minimum absolute atomic E-state index is 0.00164. The summed E-state index contributed by atoms with van der Waals surface area (Å²) in [5.74, 6) is -0.868. The summed E-state index contributed by atoms with van der Waals surface area (Å²) < 4.78 is 10.3. The fourth-order valence-electron chi connectivity index (χ4n) is 2.33. The molecule has 1 heterocycles. The summed E-state index contributed by atoms with van der Waals surface area (Å²) in [4.78, 5) is 23.8. The van der Waals surface area contributed by atoms with Gasteiger partial charge in [0, 0.05) is 12.0 Å². The maximum absolute atomic E-state index is 12.5. The maximum atomic E-state index is 12.5. The summed E-state index contributed by atoms with van der Waals surface area (Å²) in [6, 6.07) is 11.3. The van der Waals surface area contributed by atoms with Crippen molar-refractivity contribution in [3.63, 3.8) is 0 Å². The molecule has 6 nitrogen and oxygen atoms in total. The highest BCUT2D eigenvalue weighted by molar-refractivity contribution is 6.07. The van der Waals surface area contributed by atoms with Crippen LogP contribution in [-0.2, 0) is 6.42 Å². The molecule has 0 aliphatic carbocycles. The molecule has 1 aliphatic heterocycles. The Morgan fingerprint density at radius 1 is 1.09 bits per heavy atom. The molecule has 23 heavy (non-hydrogen) atoms. The average molecular weight is 309 g/mol. The molecule has 2 aromatic rings. The van der Waals surface area contributed by atoms with Crippen LogP contribution in [0.4, 0.5) is 0 Å². The van der Waals surface area contributed by atoms with Crippen LogP contribution in [0.3, 0.4) is 0 Å². The highest BCUT2D eigenvalue weighted by atomic mass is 16.7. The monoisotopic (exact) mass is 309 g/mol. The standard InChI is InChI=1S/C17H11NO5/c18-8-11-3-1-10(2-4-11)5-14(19)12-6-15-16(23-9-22-15)7-13(12)17(20)21/h1-4,6-7H,5,9H2,(H,20,21). The van der Waals surface area contributed by atoms with E-state index in [1.807, 2.05) is 6.07 Å². The zero-order valence-electron chi connectivity index (χ0n) is 11.9. The van der Waals surface area contributed by atoms with Gasteiger partial charge >= 0.3 is 5.97 Å². The Labute approximate surface area is 131 Å². The second-order valence-corrected chi connectivity index (χ2v) is 4.96. The summed E-state index contributed by atoms with van der Waals surface area (Å²) in [6.07, 6.45) is 0.0334. The Hall–Kier alpha value is -3.33. The summed E-state index contributed by atoms with van der Waals surface area (Å²) in [7, 11) is 0. The van der Waals surface area contributed by atoms with E-state index in [9.17, 15) is 14.7 Å². The average Bonchev–Trinajstić information content (AvgIpc) is 3.01. The molecule has 0 bridgehead atoms. The Kier molecular flexibility index (Phi) is 3.69.